The van der Waals surface area contributed by atoms with Crippen LogP contribution in [0.25, 0.3) is 0 Å². The van der Waals surface area contributed by atoms with E-state index in [-0.39, 0.29) is 30.0 Å². The summed E-state index contributed by atoms with van der Waals surface area (Å²) in [6.45, 7) is 3.83. The maximum atomic E-state index is 5.74. The lowest BCUT2D eigenvalue weighted by Gasteiger charge is -2.33. The van der Waals surface area contributed by atoms with Crippen LogP contribution >= 0.6 is 24.0 Å². The predicted molar refractivity (Wildman–Crippen MR) is 140 cm³/mol. The molecule has 3 rings (SSSR count). The summed E-state index contributed by atoms with van der Waals surface area (Å²) in [6, 6.07) is 10.3. The highest BCUT2D eigenvalue weighted by atomic mass is 127. The molecule has 0 amide bonds. The first-order valence-corrected chi connectivity index (χ1v) is 11.2. The van der Waals surface area contributed by atoms with Gasteiger partial charge in [0.1, 0.15) is 5.76 Å². The number of ether oxygens (including phenoxy) is 2. The van der Waals surface area contributed by atoms with Crippen molar-refractivity contribution in [1.29, 1.82) is 0 Å². The van der Waals surface area contributed by atoms with Crippen LogP contribution in [0.5, 0.6) is 11.5 Å². The molecule has 0 saturated carbocycles. The normalized spacial score (nSPS) is 15.5. The van der Waals surface area contributed by atoms with Crippen molar-refractivity contribution in [2.45, 2.75) is 38.1 Å². The fourth-order valence-electron chi connectivity index (χ4n) is 4.07. The van der Waals surface area contributed by atoms with Crippen LogP contribution in [0.2, 0.25) is 0 Å². The summed E-state index contributed by atoms with van der Waals surface area (Å²) in [7, 11) is 5.13. The Morgan fingerprint density at radius 2 is 1.88 bits per heavy atom. The second-order valence-corrected chi connectivity index (χ2v) is 7.80. The zero-order valence-corrected chi connectivity index (χ0v) is 21.8. The monoisotopic (exact) mass is 556 g/mol. The molecular weight excluding hydrogens is 519 g/mol. The average molecular weight is 556 g/mol. The molecule has 7 nitrogen and oxygen atoms in total. The first kappa shape index (κ1) is 26.3. The molecule has 1 atom stereocenters. The third kappa shape index (κ3) is 7.58. The van der Waals surface area contributed by atoms with Crippen molar-refractivity contribution in [3.05, 3.63) is 47.9 Å². The van der Waals surface area contributed by atoms with Crippen molar-refractivity contribution in [3.8, 4) is 11.5 Å². The van der Waals surface area contributed by atoms with Gasteiger partial charge in [0.15, 0.2) is 17.5 Å². The Balaban J connectivity index is 0.00000363. The number of hydrogen-bond donors (Lipinski definition) is 2. The van der Waals surface area contributed by atoms with Gasteiger partial charge in [-0.2, -0.15) is 0 Å². The topological polar surface area (TPSA) is 71.3 Å². The molecule has 8 heteroatoms. The molecule has 1 aromatic heterocycles. The molecule has 0 radical (unpaired) electrons. The van der Waals surface area contributed by atoms with E-state index in [0.29, 0.717) is 0 Å². The lowest BCUT2D eigenvalue weighted by molar-refractivity contribution is 0.146. The Bertz CT molecular complexity index is 808. The summed E-state index contributed by atoms with van der Waals surface area (Å²) >= 11 is 0. The fraction of sp³-hybridized carbons (Fsp3) is 0.542. The zero-order chi connectivity index (χ0) is 21.9. The fourth-order valence-corrected chi connectivity index (χ4v) is 4.07. The van der Waals surface area contributed by atoms with Gasteiger partial charge in [-0.25, -0.2) is 0 Å². The summed E-state index contributed by atoms with van der Waals surface area (Å²) in [4.78, 5) is 6.90. The van der Waals surface area contributed by atoms with Crippen LogP contribution in [-0.2, 0) is 6.42 Å². The number of aryl methyl sites for hydroxylation is 1. The largest absolute Gasteiger partial charge is 0.493 e. The molecule has 2 aromatic rings. The summed E-state index contributed by atoms with van der Waals surface area (Å²) in [5.74, 6) is 3.36. The van der Waals surface area contributed by atoms with Crippen molar-refractivity contribution in [3.63, 3.8) is 0 Å². The summed E-state index contributed by atoms with van der Waals surface area (Å²) in [5.41, 5.74) is 1.23. The first-order valence-electron chi connectivity index (χ1n) is 11.2. The summed E-state index contributed by atoms with van der Waals surface area (Å²) in [5, 5.41) is 6.92. The van der Waals surface area contributed by atoms with E-state index in [1.165, 1.54) is 24.8 Å². The molecule has 1 unspecified atom stereocenters. The Labute approximate surface area is 209 Å². The van der Waals surface area contributed by atoms with E-state index in [9.17, 15) is 0 Å². The number of guanidine groups is 1. The van der Waals surface area contributed by atoms with E-state index in [0.717, 1.165) is 62.2 Å². The van der Waals surface area contributed by atoms with Crippen molar-refractivity contribution in [2.24, 2.45) is 4.99 Å². The molecule has 1 saturated heterocycles. The number of halogens is 1. The number of hydrogen-bond acceptors (Lipinski definition) is 5. The van der Waals surface area contributed by atoms with E-state index in [1.807, 2.05) is 25.2 Å². The second-order valence-electron chi connectivity index (χ2n) is 7.80. The van der Waals surface area contributed by atoms with Crippen LogP contribution in [0.4, 0.5) is 0 Å². The van der Waals surface area contributed by atoms with E-state index in [4.69, 9.17) is 13.9 Å². The molecule has 0 spiro atoms. The minimum Gasteiger partial charge on any atom is -0.493 e. The van der Waals surface area contributed by atoms with Gasteiger partial charge in [0.2, 0.25) is 0 Å². The van der Waals surface area contributed by atoms with Crippen LogP contribution in [0, 0.1) is 0 Å². The molecule has 1 fully saturated rings. The highest BCUT2D eigenvalue weighted by Gasteiger charge is 2.24. The quantitative estimate of drug-likeness (QED) is 0.198. The molecule has 32 heavy (non-hydrogen) atoms. The van der Waals surface area contributed by atoms with E-state index in [2.05, 4.69) is 32.7 Å². The summed E-state index contributed by atoms with van der Waals surface area (Å²) in [6.07, 6.45) is 7.52. The SMILES string of the molecule is CN=C(NCCCc1ccc(OC)c(OC)c1)NCC(c1ccco1)N1CCCCC1.I. The van der Waals surface area contributed by atoms with Gasteiger partial charge in [-0.1, -0.05) is 12.5 Å². The average Bonchev–Trinajstić information content (AvgIpc) is 3.35. The van der Waals surface area contributed by atoms with Gasteiger partial charge in [-0.05, 0) is 68.6 Å². The Kier molecular flexibility index (Phi) is 11.7. The van der Waals surface area contributed by atoms with Gasteiger partial charge in [0.25, 0.3) is 0 Å². The van der Waals surface area contributed by atoms with E-state index in [1.54, 1.807) is 20.5 Å². The predicted octanol–water partition coefficient (Wildman–Crippen LogP) is 4.24. The van der Waals surface area contributed by atoms with Crippen LogP contribution < -0.4 is 20.1 Å². The van der Waals surface area contributed by atoms with Crippen LogP contribution in [0.15, 0.2) is 46.0 Å². The number of piperidine rings is 1. The number of rotatable bonds is 10. The standard InChI is InChI=1S/C24H36N4O3.HI/c1-25-24(26-13-7-9-19-11-12-22(29-2)23(17-19)30-3)27-18-20(21-10-8-16-31-21)28-14-5-4-6-15-28;/h8,10-12,16-17,20H,4-7,9,13-15,18H2,1-3H3,(H2,25,26,27);1H. The number of methoxy groups -OCH3 is 2. The van der Waals surface area contributed by atoms with Crippen molar-refractivity contribution >= 4 is 29.9 Å². The maximum absolute atomic E-state index is 5.74. The molecule has 0 bridgehead atoms. The molecular formula is C24H37IN4O3. The van der Waals surface area contributed by atoms with Gasteiger partial charge in [0, 0.05) is 20.1 Å². The van der Waals surface area contributed by atoms with Gasteiger partial charge in [0.05, 0.1) is 26.5 Å². The van der Waals surface area contributed by atoms with Gasteiger partial charge >= 0.3 is 0 Å². The summed E-state index contributed by atoms with van der Waals surface area (Å²) < 4.78 is 16.4. The number of likely N-dealkylation sites (tertiary alicyclic amines) is 1. The third-order valence-electron chi connectivity index (χ3n) is 5.77. The first-order chi connectivity index (χ1) is 15.2. The molecule has 1 aliphatic heterocycles. The smallest absolute Gasteiger partial charge is 0.191 e. The van der Waals surface area contributed by atoms with E-state index < -0.39 is 0 Å². The number of nitrogens with zero attached hydrogens (tertiary/aromatic N) is 2. The molecule has 1 aliphatic rings. The molecule has 0 aliphatic carbocycles. The molecule has 2 N–H and O–H groups in total. The Morgan fingerprint density at radius 3 is 2.53 bits per heavy atom. The van der Waals surface area contributed by atoms with Crippen molar-refractivity contribution in [1.82, 2.24) is 15.5 Å². The highest BCUT2D eigenvalue weighted by molar-refractivity contribution is 14.0. The highest BCUT2D eigenvalue weighted by Crippen LogP contribution is 2.28. The maximum Gasteiger partial charge on any atom is 0.191 e. The molecule has 178 valence electrons. The van der Waals surface area contributed by atoms with Gasteiger partial charge in [-0.15, -0.1) is 24.0 Å². The van der Waals surface area contributed by atoms with Gasteiger partial charge in [-0.3, -0.25) is 9.89 Å². The molecule has 1 aromatic carbocycles. The minimum absolute atomic E-state index is 0. The number of furan rings is 1. The van der Waals surface area contributed by atoms with Crippen LogP contribution in [-0.4, -0.2) is 58.3 Å². The van der Waals surface area contributed by atoms with Crippen molar-refractivity contribution in [2.75, 3.05) is 47.4 Å². The number of benzene rings is 1. The third-order valence-corrected chi connectivity index (χ3v) is 5.77. The Hall–Kier alpha value is -1.94. The van der Waals surface area contributed by atoms with Crippen LogP contribution in [0.3, 0.4) is 0 Å². The van der Waals surface area contributed by atoms with Crippen molar-refractivity contribution < 1.29 is 13.9 Å². The van der Waals surface area contributed by atoms with E-state index >= 15 is 0 Å². The number of aliphatic imine (C=N–C) groups is 1. The minimum atomic E-state index is 0. The zero-order valence-electron chi connectivity index (χ0n) is 19.4. The second kappa shape index (κ2) is 14.3. The van der Waals surface area contributed by atoms with Crippen LogP contribution in [0.1, 0.15) is 43.0 Å². The lowest BCUT2D eigenvalue weighted by Crippen LogP contribution is -2.44. The Morgan fingerprint density at radius 1 is 1.09 bits per heavy atom. The number of nitrogens with one attached hydrogen (secondary N) is 2. The lowest BCUT2D eigenvalue weighted by atomic mass is 10.1. The van der Waals surface area contributed by atoms with Gasteiger partial charge < -0.3 is 24.5 Å². The molecule has 2 heterocycles.